The van der Waals surface area contributed by atoms with Crippen molar-refractivity contribution < 1.29 is 0 Å². The predicted molar refractivity (Wildman–Crippen MR) is 80.5 cm³/mol. The Morgan fingerprint density at radius 1 is 0.500 bits per heavy atom. The van der Waals surface area contributed by atoms with E-state index in [9.17, 15) is 0 Å². The Hall–Kier alpha value is -1.82. The van der Waals surface area contributed by atoms with Gasteiger partial charge in [-0.3, -0.25) is 0 Å². The van der Waals surface area contributed by atoms with E-state index in [4.69, 9.17) is 0 Å². The number of rotatable bonds is 0. The molecule has 2 aromatic carbocycles. The monoisotopic (exact) mass is 236 g/mol. The minimum Gasteiger partial charge on any atom is -0.0620 e. The van der Waals surface area contributed by atoms with Crippen LogP contribution in [0.4, 0.5) is 0 Å². The second-order valence-corrected chi connectivity index (χ2v) is 4.88. The summed E-state index contributed by atoms with van der Waals surface area (Å²) >= 11 is 0. The third-order valence-electron chi connectivity index (χ3n) is 3.72. The van der Waals surface area contributed by atoms with E-state index in [1.165, 1.54) is 33.0 Å². The second kappa shape index (κ2) is 5.22. The standard InChI is InChI=1S/C18H20/c1-13-9-5-6-10-14(2)16(4)18-12-8-7-11-17(18)15(13)3/h5-12H,1-4H3. The van der Waals surface area contributed by atoms with Crippen LogP contribution in [0, 0.1) is 27.7 Å². The molecule has 0 nitrogen and oxygen atoms in total. The van der Waals surface area contributed by atoms with Crippen molar-refractivity contribution in [3.05, 3.63) is 70.8 Å². The van der Waals surface area contributed by atoms with Gasteiger partial charge in [-0.1, -0.05) is 48.5 Å². The maximum Gasteiger partial charge on any atom is -0.0149 e. The molecule has 0 aliphatic rings. The van der Waals surface area contributed by atoms with Gasteiger partial charge in [0, 0.05) is 0 Å². The summed E-state index contributed by atoms with van der Waals surface area (Å²) in [6.07, 6.45) is 0. The Morgan fingerprint density at radius 2 is 0.833 bits per heavy atom. The number of fused-ring (bicyclic) bond motifs is 1. The maximum atomic E-state index is 2.21. The van der Waals surface area contributed by atoms with Crippen molar-refractivity contribution >= 4 is 10.8 Å². The first-order chi connectivity index (χ1) is 8.61. The Labute approximate surface area is 110 Å². The highest BCUT2D eigenvalue weighted by molar-refractivity contribution is 5.88. The third kappa shape index (κ3) is 2.38. The first-order valence-electron chi connectivity index (χ1n) is 6.40. The lowest BCUT2D eigenvalue weighted by Gasteiger charge is -2.05. The van der Waals surface area contributed by atoms with Crippen LogP contribution >= 0.6 is 0 Å². The molecule has 0 bridgehead atoms. The van der Waals surface area contributed by atoms with Gasteiger partial charge in [0.05, 0.1) is 0 Å². The zero-order valence-electron chi connectivity index (χ0n) is 11.6. The van der Waals surface area contributed by atoms with Gasteiger partial charge in [-0.15, -0.1) is 0 Å². The molecule has 0 atom stereocenters. The van der Waals surface area contributed by atoms with Crippen molar-refractivity contribution in [1.29, 1.82) is 0 Å². The summed E-state index contributed by atoms with van der Waals surface area (Å²) in [6.45, 7) is 8.74. The lowest BCUT2D eigenvalue weighted by atomic mass is 10.00. The van der Waals surface area contributed by atoms with E-state index in [1.54, 1.807) is 0 Å². The smallest absolute Gasteiger partial charge is 0.0149 e. The SMILES string of the molecule is Cc1ccccc(C)c(C)c2ccccc2c1C. The van der Waals surface area contributed by atoms with Gasteiger partial charge in [0.25, 0.3) is 0 Å². The van der Waals surface area contributed by atoms with Gasteiger partial charge in [-0.05, 0) is 60.7 Å². The van der Waals surface area contributed by atoms with Crippen LogP contribution in [0.3, 0.4) is 0 Å². The zero-order valence-corrected chi connectivity index (χ0v) is 11.6. The summed E-state index contributed by atoms with van der Waals surface area (Å²) in [6, 6.07) is 17.2. The first kappa shape index (κ1) is 12.6. The fourth-order valence-corrected chi connectivity index (χ4v) is 2.21. The normalized spacial score (nSPS) is 10.2. The molecule has 0 spiro atoms. The lowest BCUT2D eigenvalue weighted by molar-refractivity contribution is 1.36. The molecule has 0 saturated heterocycles. The number of benzene rings is 1. The fraction of sp³-hybridized carbons (Fsp3) is 0.222. The van der Waals surface area contributed by atoms with Crippen LogP contribution in [0.1, 0.15) is 22.3 Å². The minimum absolute atomic E-state index is 1.32. The van der Waals surface area contributed by atoms with Crippen molar-refractivity contribution in [2.24, 2.45) is 0 Å². The van der Waals surface area contributed by atoms with Crippen molar-refractivity contribution in [2.45, 2.75) is 27.7 Å². The number of hydrogen-bond donors (Lipinski definition) is 0. The van der Waals surface area contributed by atoms with Crippen LogP contribution in [0.15, 0.2) is 48.5 Å². The van der Waals surface area contributed by atoms with E-state index in [0.717, 1.165) is 0 Å². The van der Waals surface area contributed by atoms with Gasteiger partial charge in [0.1, 0.15) is 0 Å². The Balaban J connectivity index is 3.07. The molecule has 18 heavy (non-hydrogen) atoms. The van der Waals surface area contributed by atoms with Crippen LogP contribution in [-0.2, 0) is 0 Å². The first-order valence-corrected chi connectivity index (χ1v) is 6.40. The number of hydrogen-bond acceptors (Lipinski definition) is 0. The van der Waals surface area contributed by atoms with Crippen LogP contribution in [-0.4, -0.2) is 0 Å². The highest BCUT2D eigenvalue weighted by Crippen LogP contribution is 2.22. The highest BCUT2D eigenvalue weighted by Gasteiger charge is 1.99. The van der Waals surface area contributed by atoms with Crippen LogP contribution in [0.2, 0.25) is 0 Å². The average molecular weight is 236 g/mol. The van der Waals surface area contributed by atoms with Gasteiger partial charge in [0.2, 0.25) is 0 Å². The van der Waals surface area contributed by atoms with Crippen LogP contribution in [0.25, 0.3) is 10.8 Å². The van der Waals surface area contributed by atoms with Crippen molar-refractivity contribution in [2.75, 3.05) is 0 Å². The van der Waals surface area contributed by atoms with Crippen molar-refractivity contribution in [1.82, 2.24) is 0 Å². The molecule has 0 aromatic heterocycles. The summed E-state index contributed by atoms with van der Waals surface area (Å²) in [5.74, 6) is 0. The number of aryl methyl sites for hydroxylation is 4. The third-order valence-corrected chi connectivity index (χ3v) is 3.72. The molecule has 0 saturated carbocycles. The van der Waals surface area contributed by atoms with Crippen LogP contribution < -0.4 is 0 Å². The summed E-state index contributed by atoms with van der Waals surface area (Å²) in [4.78, 5) is 0. The molecule has 2 rings (SSSR count). The van der Waals surface area contributed by atoms with E-state index < -0.39 is 0 Å². The summed E-state index contributed by atoms with van der Waals surface area (Å²) < 4.78 is 0. The molecule has 0 heterocycles. The largest absolute Gasteiger partial charge is 0.0620 e. The predicted octanol–water partition coefficient (Wildman–Crippen LogP) is 5.20. The lowest BCUT2D eigenvalue weighted by Crippen LogP contribution is -1.84. The Morgan fingerprint density at radius 3 is 1.22 bits per heavy atom. The second-order valence-electron chi connectivity index (χ2n) is 4.88. The van der Waals surface area contributed by atoms with Gasteiger partial charge in [-0.2, -0.15) is 0 Å². The average Bonchev–Trinajstić information content (AvgIpc) is 2.40. The molecular weight excluding hydrogens is 216 g/mol. The maximum absolute atomic E-state index is 2.21. The molecule has 0 N–H and O–H groups in total. The molecule has 0 radical (unpaired) electrons. The minimum atomic E-state index is 1.32. The Kier molecular flexibility index (Phi) is 3.66. The highest BCUT2D eigenvalue weighted by atomic mass is 14.0. The molecule has 0 aliphatic heterocycles. The van der Waals surface area contributed by atoms with Gasteiger partial charge in [-0.25, -0.2) is 0 Å². The summed E-state index contributed by atoms with van der Waals surface area (Å²) in [7, 11) is 0. The van der Waals surface area contributed by atoms with E-state index in [0.29, 0.717) is 0 Å². The fourth-order valence-electron chi connectivity index (χ4n) is 2.21. The molecule has 0 unspecified atom stereocenters. The van der Waals surface area contributed by atoms with E-state index >= 15 is 0 Å². The molecule has 0 aliphatic carbocycles. The topological polar surface area (TPSA) is 0 Å². The van der Waals surface area contributed by atoms with E-state index in [1.807, 2.05) is 0 Å². The molecular formula is C18H20. The van der Waals surface area contributed by atoms with Crippen molar-refractivity contribution in [3.8, 4) is 0 Å². The molecule has 0 fully saturated rings. The van der Waals surface area contributed by atoms with Crippen molar-refractivity contribution in [3.63, 3.8) is 0 Å². The van der Waals surface area contributed by atoms with E-state index in [2.05, 4.69) is 76.2 Å². The van der Waals surface area contributed by atoms with Gasteiger partial charge < -0.3 is 0 Å². The Bertz CT molecular complexity index is 578. The molecule has 92 valence electrons. The molecule has 2 aromatic rings. The molecule has 0 heteroatoms. The van der Waals surface area contributed by atoms with Crippen LogP contribution in [0.5, 0.6) is 0 Å². The summed E-state index contributed by atoms with van der Waals surface area (Å²) in [5, 5.41) is 2.68. The zero-order chi connectivity index (χ0) is 13.1. The van der Waals surface area contributed by atoms with Gasteiger partial charge in [0.15, 0.2) is 0 Å². The van der Waals surface area contributed by atoms with E-state index in [-0.39, 0.29) is 0 Å². The quantitative estimate of drug-likeness (QED) is 0.590. The van der Waals surface area contributed by atoms with Gasteiger partial charge >= 0.3 is 0 Å². The summed E-state index contributed by atoms with van der Waals surface area (Å²) in [5.41, 5.74) is 5.34. The molecule has 0 amide bonds.